The molecule has 0 unspecified atom stereocenters. The zero-order valence-corrected chi connectivity index (χ0v) is 10.3. The van der Waals surface area contributed by atoms with E-state index in [1.54, 1.807) is 29.4 Å². The van der Waals surface area contributed by atoms with Crippen molar-refractivity contribution in [3.05, 3.63) is 24.5 Å². The van der Waals surface area contributed by atoms with Crippen molar-refractivity contribution < 1.29 is 9.59 Å². The molecule has 0 saturated carbocycles. The molecule has 1 fully saturated rings. The molecular formula is C13H14N4O2. The number of carbonyl (C=O) groups excluding carboxylic acids is 2. The number of hydrogen-bond acceptors (Lipinski definition) is 3. The number of aromatic amines is 1. The summed E-state index contributed by atoms with van der Waals surface area (Å²) < 4.78 is 0. The summed E-state index contributed by atoms with van der Waals surface area (Å²) in [6.07, 6.45) is 3.53. The average molecular weight is 258 g/mol. The second-order valence-corrected chi connectivity index (χ2v) is 4.59. The molecule has 2 amide bonds. The van der Waals surface area contributed by atoms with Gasteiger partial charge in [0.25, 0.3) is 0 Å². The van der Waals surface area contributed by atoms with Crippen molar-refractivity contribution in [3.8, 4) is 0 Å². The molecule has 1 aromatic carbocycles. The van der Waals surface area contributed by atoms with Gasteiger partial charge in [-0.25, -0.2) is 4.98 Å². The summed E-state index contributed by atoms with van der Waals surface area (Å²) in [5.74, 6) is -1.04. The van der Waals surface area contributed by atoms with Crippen molar-refractivity contribution in [2.45, 2.75) is 12.8 Å². The Hall–Kier alpha value is -2.37. The van der Waals surface area contributed by atoms with E-state index in [-0.39, 0.29) is 0 Å². The van der Waals surface area contributed by atoms with Crippen LogP contribution >= 0.6 is 0 Å². The van der Waals surface area contributed by atoms with E-state index in [0.717, 1.165) is 23.9 Å². The quantitative estimate of drug-likeness (QED) is 0.752. The fourth-order valence-electron chi connectivity index (χ4n) is 2.26. The minimum absolute atomic E-state index is 0.456. The molecule has 98 valence electrons. The number of nitrogens with one attached hydrogen (secondary N) is 2. The maximum atomic E-state index is 11.9. The molecule has 1 saturated heterocycles. The third-order valence-corrected chi connectivity index (χ3v) is 3.27. The number of likely N-dealkylation sites (tertiary alicyclic amines) is 1. The Kier molecular flexibility index (Phi) is 2.91. The SMILES string of the molecule is O=C(Nc1ccc2nc[nH]c2c1)C(=O)N1CCCC1. The molecule has 1 aromatic heterocycles. The maximum Gasteiger partial charge on any atom is 0.313 e. The number of rotatable bonds is 1. The van der Waals surface area contributed by atoms with Gasteiger partial charge in [-0.05, 0) is 31.0 Å². The molecule has 2 heterocycles. The Morgan fingerprint density at radius 2 is 2.05 bits per heavy atom. The first-order chi connectivity index (χ1) is 9.24. The molecule has 6 nitrogen and oxygen atoms in total. The van der Waals surface area contributed by atoms with Gasteiger partial charge in [-0.15, -0.1) is 0 Å². The lowest BCUT2D eigenvalue weighted by atomic mass is 10.2. The predicted octanol–water partition coefficient (Wildman–Crippen LogP) is 1.12. The Bertz CT molecular complexity index is 628. The summed E-state index contributed by atoms with van der Waals surface area (Å²) in [5, 5.41) is 2.62. The number of anilines is 1. The first-order valence-corrected chi connectivity index (χ1v) is 6.27. The van der Waals surface area contributed by atoms with Gasteiger partial charge in [-0.1, -0.05) is 0 Å². The van der Waals surface area contributed by atoms with Crippen molar-refractivity contribution in [2.24, 2.45) is 0 Å². The second-order valence-electron chi connectivity index (χ2n) is 4.59. The molecule has 0 bridgehead atoms. The first-order valence-electron chi connectivity index (χ1n) is 6.27. The maximum absolute atomic E-state index is 11.9. The van der Waals surface area contributed by atoms with Crippen molar-refractivity contribution >= 4 is 28.5 Å². The molecule has 2 aromatic rings. The van der Waals surface area contributed by atoms with Crippen LogP contribution in [0.1, 0.15) is 12.8 Å². The molecule has 19 heavy (non-hydrogen) atoms. The molecule has 2 N–H and O–H groups in total. The van der Waals surface area contributed by atoms with Gasteiger partial charge >= 0.3 is 11.8 Å². The number of fused-ring (bicyclic) bond motifs is 1. The topological polar surface area (TPSA) is 78.1 Å². The zero-order valence-electron chi connectivity index (χ0n) is 10.3. The highest BCUT2D eigenvalue weighted by Gasteiger charge is 2.24. The van der Waals surface area contributed by atoms with Crippen molar-refractivity contribution in [2.75, 3.05) is 18.4 Å². The van der Waals surface area contributed by atoms with Crippen LogP contribution in [-0.4, -0.2) is 39.8 Å². The largest absolute Gasteiger partial charge is 0.345 e. The average Bonchev–Trinajstić information content (AvgIpc) is 3.08. The smallest absolute Gasteiger partial charge is 0.313 e. The monoisotopic (exact) mass is 258 g/mol. The summed E-state index contributed by atoms with van der Waals surface area (Å²) in [6.45, 7) is 1.34. The highest BCUT2D eigenvalue weighted by atomic mass is 16.2. The Balaban J connectivity index is 1.72. The number of H-pyrrole nitrogens is 1. The van der Waals surface area contributed by atoms with Gasteiger partial charge in [0.05, 0.1) is 17.4 Å². The van der Waals surface area contributed by atoms with Crippen LogP contribution in [0, 0.1) is 0 Å². The summed E-state index contributed by atoms with van der Waals surface area (Å²) in [4.78, 5) is 32.3. The summed E-state index contributed by atoms with van der Waals surface area (Å²) in [7, 11) is 0. The minimum atomic E-state index is -0.583. The third-order valence-electron chi connectivity index (χ3n) is 3.27. The Morgan fingerprint density at radius 1 is 1.26 bits per heavy atom. The van der Waals surface area contributed by atoms with Gasteiger partial charge in [0.1, 0.15) is 0 Å². The van der Waals surface area contributed by atoms with E-state index < -0.39 is 11.8 Å². The van der Waals surface area contributed by atoms with Crippen LogP contribution in [0.3, 0.4) is 0 Å². The first kappa shape index (κ1) is 11.7. The van der Waals surface area contributed by atoms with E-state index in [4.69, 9.17) is 0 Å². The predicted molar refractivity (Wildman–Crippen MR) is 70.5 cm³/mol. The van der Waals surface area contributed by atoms with Crippen LogP contribution in [0.15, 0.2) is 24.5 Å². The molecule has 3 rings (SSSR count). The molecule has 1 aliphatic heterocycles. The fourth-order valence-corrected chi connectivity index (χ4v) is 2.26. The van der Waals surface area contributed by atoms with Gasteiger partial charge in [0.2, 0.25) is 0 Å². The van der Waals surface area contributed by atoms with Crippen LogP contribution in [0.5, 0.6) is 0 Å². The lowest BCUT2D eigenvalue weighted by Crippen LogP contribution is -2.37. The number of amides is 2. The van der Waals surface area contributed by atoms with Crippen LogP contribution in [-0.2, 0) is 9.59 Å². The van der Waals surface area contributed by atoms with Gasteiger partial charge in [0, 0.05) is 18.8 Å². The normalized spacial score (nSPS) is 14.8. The second kappa shape index (κ2) is 4.72. The van der Waals surface area contributed by atoms with E-state index >= 15 is 0 Å². The number of benzene rings is 1. The van der Waals surface area contributed by atoms with Crippen molar-refractivity contribution in [1.29, 1.82) is 0 Å². The molecule has 0 aliphatic carbocycles. The van der Waals surface area contributed by atoms with E-state index in [2.05, 4.69) is 15.3 Å². The molecule has 0 radical (unpaired) electrons. The molecule has 6 heteroatoms. The number of carbonyl (C=O) groups is 2. The summed E-state index contributed by atoms with van der Waals surface area (Å²) >= 11 is 0. The standard InChI is InChI=1S/C13H14N4O2/c18-12(13(19)17-5-1-2-6-17)16-9-3-4-10-11(7-9)15-8-14-10/h3-4,7-8H,1-2,5-6H2,(H,14,15)(H,16,18). The third kappa shape index (κ3) is 2.29. The van der Waals surface area contributed by atoms with Crippen molar-refractivity contribution in [1.82, 2.24) is 14.9 Å². The molecule has 0 spiro atoms. The number of hydrogen-bond donors (Lipinski definition) is 2. The van der Waals surface area contributed by atoms with Gasteiger partial charge < -0.3 is 15.2 Å². The highest BCUT2D eigenvalue weighted by Crippen LogP contribution is 2.16. The van der Waals surface area contributed by atoms with Crippen LogP contribution < -0.4 is 5.32 Å². The number of aromatic nitrogens is 2. The van der Waals surface area contributed by atoms with Gasteiger partial charge in [-0.3, -0.25) is 9.59 Å². The van der Waals surface area contributed by atoms with Crippen molar-refractivity contribution in [3.63, 3.8) is 0 Å². The molecule has 0 atom stereocenters. The van der Waals surface area contributed by atoms with E-state index in [1.807, 2.05) is 0 Å². The van der Waals surface area contributed by atoms with Crippen LogP contribution in [0.4, 0.5) is 5.69 Å². The van der Waals surface area contributed by atoms with Gasteiger partial charge in [-0.2, -0.15) is 0 Å². The van der Waals surface area contributed by atoms with Crippen LogP contribution in [0.2, 0.25) is 0 Å². The number of imidazole rings is 1. The summed E-state index contributed by atoms with van der Waals surface area (Å²) in [6, 6.07) is 5.29. The van der Waals surface area contributed by atoms with E-state index in [9.17, 15) is 9.59 Å². The lowest BCUT2D eigenvalue weighted by molar-refractivity contribution is -0.142. The Morgan fingerprint density at radius 3 is 2.84 bits per heavy atom. The Labute approximate surface area is 109 Å². The van der Waals surface area contributed by atoms with E-state index in [1.165, 1.54) is 0 Å². The molecular weight excluding hydrogens is 244 g/mol. The number of nitrogens with zero attached hydrogens (tertiary/aromatic N) is 2. The van der Waals surface area contributed by atoms with E-state index in [0.29, 0.717) is 18.8 Å². The zero-order chi connectivity index (χ0) is 13.2. The highest BCUT2D eigenvalue weighted by molar-refractivity contribution is 6.39. The van der Waals surface area contributed by atoms with Gasteiger partial charge in [0.15, 0.2) is 0 Å². The molecule has 1 aliphatic rings. The lowest BCUT2D eigenvalue weighted by Gasteiger charge is -2.14. The van der Waals surface area contributed by atoms with Crippen LogP contribution in [0.25, 0.3) is 11.0 Å². The fraction of sp³-hybridized carbons (Fsp3) is 0.308. The summed E-state index contributed by atoms with van der Waals surface area (Å²) in [5.41, 5.74) is 2.24. The minimum Gasteiger partial charge on any atom is -0.345 e.